The number of benzene rings is 5. The van der Waals surface area contributed by atoms with E-state index < -0.39 is 0 Å². The molecule has 2 N–H and O–H groups in total. The van der Waals surface area contributed by atoms with Crippen LogP contribution in [-0.2, 0) is 0 Å². The van der Waals surface area contributed by atoms with E-state index in [1.54, 1.807) is 0 Å². The molecule has 0 aromatic heterocycles. The maximum absolute atomic E-state index is 10.3. The number of phenols is 2. The van der Waals surface area contributed by atoms with E-state index in [0.717, 1.165) is 21.5 Å². The molecule has 104 valence electrons. The van der Waals surface area contributed by atoms with Crippen LogP contribution in [0.4, 0.5) is 0 Å². The number of rotatable bonds is 0. The molecule has 0 spiro atoms. The first-order valence-corrected chi connectivity index (χ1v) is 7.25. The summed E-state index contributed by atoms with van der Waals surface area (Å²) in [5.41, 5.74) is 0. The standard InChI is InChI=1S/C20H12O2/c21-16-9-7-14-10-13-5-4-11-2-1-3-12-6-8-15(18(13)17(11)12)19(14)20(16)22/h1-10,21-22H. The molecule has 22 heavy (non-hydrogen) atoms. The van der Waals surface area contributed by atoms with Gasteiger partial charge in [-0.3, -0.25) is 0 Å². The summed E-state index contributed by atoms with van der Waals surface area (Å²) in [4.78, 5) is 0. The van der Waals surface area contributed by atoms with Gasteiger partial charge in [-0.2, -0.15) is 0 Å². The zero-order valence-electron chi connectivity index (χ0n) is 11.7. The number of phenolic OH excluding ortho intramolecular Hbond substituents is 2. The van der Waals surface area contributed by atoms with Crippen molar-refractivity contribution < 1.29 is 10.2 Å². The lowest BCUT2D eigenvalue weighted by Crippen LogP contribution is -1.86. The predicted molar refractivity (Wildman–Crippen MR) is 91.0 cm³/mol. The van der Waals surface area contributed by atoms with Gasteiger partial charge in [0.05, 0.1) is 0 Å². The topological polar surface area (TPSA) is 40.5 Å². The van der Waals surface area contributed by atoms with Gasteiger partial charge in [0, 0.05) is 5.39 Å². The summed E-state index contributed by atoms with van der Waals surface area (Å²) < 4.78 is 0. The van der Waals surface area contributed by atoms with Gasteiger partial charge in [0.25, 0.3) is 0 Å². The first-order chi connectivity index (χ1) is 10.7. The van der Waals surface area contributed by atoms with Crippen LogP contribution in [0.2, 0.25) is 0 Å². The highest BCUT2D eigenvalue weighted by molar-refractivity contribution is 6.29. The Morgan fingerprint density at radius 2 is 1.18 bits per heavy atom. The molecule has 0 aliphatic heterocycles. The van der Waals surface area contributed by atoms with Crippen LogP contribution in [0.15, 0.2) is 60.7 Å². The minimum atomic E-state index is -0.0810. The van der Waals surface area contributed by atoms with Crippen LogP contribution in [0, 0.1) is 0 Å². The molecule has 0 saturated heterocycles. The Bertz CT molecular complexity index is 1170. The highest BCUT2D eigenvalue weighted by Gasteiger charge is 2.14. The molecule has 5 rings (SSSR count). The summed E-state index contributed by atoms with van der Waals surface area (Å²) in [5.74, 6) is -0.127. The quantitative estimate of drug-likeness (QED) is 0.234. The fourth-order valence-electron chi connectivity index (χ4n) is 3.60. The third-order valence-corrected chi connectivity index (χ3v) is 4.58. The van der Waals surface area contributed by atoms with Gasteiger partial charge < -0.3 is 10.2 Å². The molecule has 0 heterocycles. The monoisotopic (exact) mass is 284 g/mol. The molecule has 0 saturated carbocycles. The lowest BCUT2D eigenvalue weighted by Gasteiger charge is -2.14. The van der Waals surface area contributed by atoms with Crippen molar-refractivity contribution in [2.75, 3.05) is 0 Å². The van der Waals surface area contributed by atoms with Crippen molar-refractivity contribution in [3.05, 3.63) is 60.7 Å². The van der Waals surface area contributed by atoms with Crippen LogP contribution < -0.4 is 0 Å². The third-order valence-electron chi connectivity index (χ3n) is 4.58. The first kappa shape index (κ1) is 11.6. The molecule has 5 aromatic rings. The summed E-state index contributed by atoms with van der Waals surface area (Å²) in [5, 5.41) is 28.7. The third kappa shape index (κ3) is 1.29. The zero-order valence-corrected chi connectivity index (χ0v) is 11.7. The Kier molecular flexibility index (Phi) is 2.01. The van der Waals surface area contributed by atoms with E-state index in [9.17, 15) is 10.2 Å². The minimum Gasteiger partial charge on any atom is -0.504 e. The average molecular weight is 284 g/mol. The number of hydrogen-bond donors (Lipinski definition) is 2. The highest BCUT2D eigenvalue weighted by Crippen LogP contribution is 2.43. The molecule has 5 aromatic carbocycles. The second kappa shape index (κ2) is 3.80. The fourth-order valence-corrected chi connectivity index (χ4v) is 3.60. The van der Waals surface area contributed by atoms with E-state index in [2.05, 4.69) is 42.5 Å². The van der Waals surface area contributed by atoms with E-state index in [1.807, 2.05) is 12.1 Å². The van der Waals surface area contributed by atoms with Crippen molar-refractivity contribution >= 4 is 43.1 Å². The van der Waals surface area contributed by atoms with E-state index in [-0.39, 0.29) is 11.5 Å². The maximum Gasteiger partial charge on any atom is 0.166 e. The van der Waals surface area contributed by atoms with Gasteiger partial charge in [-0.05, 0) is 49.8 Å². The number of fused-ring (bicyclic) bond motifs is 2. The second-order valence-electron chi connectivity index (χ2n) is 5.76. The Morgan fingerprint density at radius 3 is 2.00 bits per heavy atom. The first-order valence-electron chi connectivity index (χ1n) is 7.25. The molecule has 0 bridgehead atoms. The Labute approximate surface area is 126 Å². The van der Waals surface area contributed by atoms with Gasteiger partial charge >= 0.3 is 0 Å². The van der Waals surface area contributed by atoms with Crippen molar-refractivity contribution in [1.82, 2.24) is 0 Å². The molecule has 0 fully saturated rings. The van der Waals surface area contributed by atoms with Crippen LogP contribution in [0.3, 0.4) is 0 Å². The number of aromatic hydroxyl groups is 2. The molecule has 2 heteroatoms. The second-order valence-corrected chi connectivity index (χ2v) is 5.76. The summed E-state index contributed by atoms with van der Waals surface area (Å²) in [6, 6.07) is 20.1. The summed E-state index contributed by atoms with van der Waals surface area (Å²) in [7, 11) is 0. The van der Waals surface area contributed by atoms with E-state index >= 15 is 0 Å². The molecule has 2 nitrogen and oxygen atoms in total. The highest BCUT2D eigenvalue weighted by atomic mass is 16.3. The van der Waals surface area contributed by atoms with Crippen LogP contribution in [0.1, 0.15) is 0 Å². The predicted octanol–water partition coefficient (Wildman–Crippen LogP) is 5.15. The summed E-state index contributed by atoms with van der Waals surface area (Å²) in [6.07, 6.45) is 0. The lowest BCUT2D eigenvalue weighted by atomic mass is 9.91. The zero-order chi connectivity index (χ0) is 14.8. The molecule has 0 amide bonds. The largest absolute Gasteiger partial charge is 0.504 e. The van der Waals surface area contributed by atoms with Gasteiger partial charge in [0.1, 0.15) is 0 Å². The van der Waals surface area contributed by atoms with Crippen LogP contribution in [0.25, 0.3) is 43.1 Å². The Hall–Kier alpha value is -3.00. The Balaban J connectivity index is 2.20. The SMILES string of the molecule is Oc1ccc2cc3ccc4cccc5ccc(c2c1O)c3c45. The normalized spacial score (nSPS) is 12.0. The van der Waals surface area contributed by atoms with Crippen molar-refractivity contribution in [1.29, 1.82) is 0 Å². The molecule has 0 aliphatic rings. The molecule has 0 aliphatic carbocycles. The van der Waals surface area contributed by atoms with Crippen molar-refractivity contribution in [2.45, 2.75) is 0 Å². The summed E-state index contributed by atoms with van der Waals surface area (Å²) in [6.45, 7) is 0. The van der Waals surface area contributed by atoms with E-state index in [4.69, 9.17) is 0 Å². The number of hydrogen-bond acceptors (Lipinski definition) is 2. The molecular formula is C20H12O2. The van der Waals surface area contributed by atoms with E-state index in [1.165, 1.54) is 22.2 Å². The maximum atomic E-state index is 10.3. The molecule has 0 radical (unpaired) electrons. The van der Waals surface area contributed by atoms with Gasteiger partial charge in [0.15, 0.2) is 11.5 Å². The van der Waals surface area contributed by atoms with Crippen molar-refractivity contribution in [2.24, 2.45) is 0 Å². The van der Waals surface area contributed by atoms with Gasteiger partial charge in [-0.1, -0.05) is 48.5 Å². The molecule has 0 atom stereocenters. The lowest BCUT2D eigenvalue weighted by molar-refractivity contribution is 0.408. The van der Waals surface area contributed by atoms with Crippen LogP contribution in [0.5, 0.6) is 11.5 Å². The average Bonchev–Trinajstić information content (AvgIpc) is 2.55. The van der Waals surface area contributed by atoms with E-state index in [0.29, 0.717) is 5.39 Å². The van der Waals surface area contributed by atoms with Crippen LogP contribution in [-0.4, -0.2) is 10.2 Å². The summed E-state index contributed by atoms with van der Waals surface area (Å²) >= 11 is 0. The van der Waals surface area contributed by atoms with Gasteiger partial charge in [0.2, 0.25) is 0 Å². The fraction of sp³-hybridized carbons (Fsp3) is 0. The Morgan fingerprint density at radius 1 is 0.545 bits per heavy atom. The van der Waals surface area contributed by atoms with Crippen LogP contribution >= 0.6 is 0 Å². The molecular weight excluding hydrogens is 272 g/mol. The smallest absolute Gasteiger partial charge is 0.166 e. The minimum absolute atomic E-state index is 0.0459. The van der Waals surface area contributed by atoms with Crippen molar-refractivity contribution in [3.8, 4) is 11.5 Å². The van der Waals surface area contributed by atoms with Gasteiger partial charge in [-0.15, -0.1) is 0 Å². The molecule has 0 unspecified atom stereocenters. The van der Waals surface area contributed by atoms with Crippen molar-refractivity contribution in [3.63, 3.8) is 0 Å². The van der Waals surface area contributed by atoms with Gasteiger partial charge in [-0.25, -0.2) is 0 Å².